The normalized spacial score (nSPS) is 29.5. The molecule has 16 heavy (non-hydrogen) atoms. The van der Waals surface area contributed by atoms with Crippen LogP contribution in [0.15, 0.2) is 30.3 Å². The van der Waals surface area contributed by atoms with Crippen molar-refractivity contribution in [3.63, 3.8) is 0 Å². The standard InChI is InChI=1S/C12H16O3S/c13-10-8-16-11(12(10)14)7-15-6-9-4-2-1-3-5-9/h1-5,10-14H,6-8H2/t10-,11+,12-/m0/s1. The molecule has 0 unspecified atom stereocenters. The molecule has 0 spiro atoms. The highest BCUT2D eigenvalue weighted by atomic mass is 32.2. The van der Waals surface area contributed by atoms with E-state index in [-0.39, 0.29) is 5.25 Å². The van der Waals surface area contributed by atoms with E-state index in [2.05, 4.69) is 0 Å². The summed E-state index contributed by atoms with van der Waals surface area (Å²) in [7, 11) is 0. The van der Waals surface area contributed by atoms with Crippen molar-refractivity contribution in [1.29, 1.82) is 0 Å². The van der Waals surface area contributed by atoms with Crippen molar-refractivity contribution in [2.24, 2.45) is 0 Å². The quantitative estimate of drug-likeness (QED) is 0.825. The lowest BCUT2D eigenvalue weighted by molar-refractivity contribution is 0.0183. The SMILES string of the molecule is O[C@H]1[C@@H](O)CS[C@@H]1COCc1ccccc1. The molecular weight excluding hydrogens is 224 g/mol. The third kappa shape index (κ3) is 2.98. The molecule has 1 fully saturated rings. The van der Waals surface area contributed by atoms with E-state index in [4.69, 9.17) is 4.74 Å². The van der Waals surface area contributed by atoms with Gasteiger partial charge in [0.05, 0.1) is 30.7 Å². The molecular formula is C12H16O3S. The Kier molecular flexibility index (Phi) is 4.23. The summed E-state index contributed by atoms with van der Waals surface area (Å²) in [6.45, 7) is 1.04. The number of hydrogen-bond donors (Lipinski definition) is 2. The molecule has 2 rings (SSSR count). The van der Waals surface area contributed by atoms with Gasteiger partial charge in [0.1, 0.15) is 0 Å². The Bertz CT molecular complexity index is 317. The molecule has 88 valence electrons. The molecule has 1 aromatic rings. The fourth-order valence-electron chi connectivity index (χ4n) is 1.68. The minimum Gasteiger partial charge on any atom is -0.390 e. The predicted octanol–water partition coefficient (Wildman–Crippen LogP) is 1.04. The molecule has 4 heteroatoms. The van der Waals surface area contributed by atoms with Crippen molar-refractivity contribution in [2.75, 3.05) is 12.4 Å². The van der Waals surface area contributed by atoms with Gasteiger partial charge in [-0.2, -0.15) is 11.8 Å². The molecule has 1 saturated heterocycles. The third-order valence-corrected chi connectivity index (χ3v) is 4.03. The van der Waals surface area contributed by atoms with Crippen LogP contribution in [0.5, 0.6) is 0 Å². The van der Waals surface area contributed by atoms with Crippen molar-refractivity contribution in [3.8, 4) is 0 Å². The molecule has 0 amide bonds. The van der Waals surface area contributed by atoms with Gasteiger partial charge in [-0.3, -0.25) is 0 Å². The highest BCUT2D eigenvalue weighted by Gasteiger charge is 2.33. The molecule has 0 aromatic heterocycles. The van der Waals surface area contributed by atoms with Crippen molar-refractivity contribution >= 4 is 11.8 Å². The van der Waals surface area contributed by atoms with Crippen LogP contribution in [0.2, 0.25) is 0 Å². The summed E-state index contributed by atoms with van der Waals surface area (Å²) in [6.07, 6.45) is -1.25. The summed E-state index contributed by atoms with van der Waals surface area (Å²) in [6, 6.07) is 9.93. The van der Waals surface area contributed by atoms with Crippen LogP contribution >= 0.6 is 11.8 Å². The summed E-state index contributed by atoms with van der Waals surface area (Å²) in [4.78, 5) is 0. The minimum absolute atomic E-state index is 0.00119. The van der Waals surface area contributed by atoms with Crippen molar-refractivity contribution in [3.05, 3.63) is 35.9 Å². The minimum atomic E-state index is -0.652. The van der Waals surface area contributed by atoms with Gasteiger partial charge in [0.25, 0.3) is 0 Å². The smallest absolute Gasteiger partial charge is 0.0947 e. The van der Waals surface area contributed by atoms with E-state index >= 15 is 0 Å². The van der Waals surface area contributed by atoms with Gasteiger partial charge in [-0.05, 0) is 5.56 Å². The summed E-state index contributed by atoms with van der Waals surface area (Å²) in [5, 5.41) is 19.0. The Labute approximate surface area is 99.4 Å². The topological polar surface area (TPSA) is 49.7 Å². The number of thioether (sulfide) groups is 1. The number of aliphatic hydroxyl groups is 2. The van der Waals surface area contributed by atoms with Gasteiger partial charge in [-0.1, -0.05) is 30.3 Å². The second-order valence-electron chi connectivity index (χ2n) is 3.93. The maximum atomic E-state index is 9.60. The molecule has 3 atom stereocenters. The monoisotopic (exact) mass is 240 g/mol. The van der Waals surface area contributed by atoms with Gasteiger partial charge in [0, 0.05) is 5.75 Å². The van der Waals surface area contributed by atoms with E-state index in [9.17, 15) is 10.2 Å². The van der Waals surface area contributed by atoms with Gasteiger partial charge in [0.2, 0.25) is 0 Å². The first-order valence-corrected chi connectivity index (χ1v) is 6.41. The van der Waals surface area contributed by atoms with Gasteiger partial charge in [-0.15, -0.1) is 0 Å². The first-order chi connectivity index (χ1) is 7.77. The molecule has 2 N–H and O–H groups in total. The second-order valence-corrected chi connectivity index (χ2v) is 5.20. The fraction of sp³-hybridized carbons (Fsp3) is 0.500. The summed E-state index contributed by atoms with van der Waals surface area (Å²) in [5.41, 5.74) is 1.13. The zero-order valence-corrected chi connectivity index (χ0v) is 9.77. The highest BCUT2D eigenvalue weighted by molar-refractivity contribution is 8.00. The van der Waals surface area contributed by atoms with E-state index in [1.54, 1.807) is 11.8 Å². The Morgan fingerprint density at radius 2 is 2.00 bits per heavy atom. The molecule has 0 saturated carbocycles. The van der Waals surface area contributed by atoms with Crippen LogP contribution < -0.4 is 0 Å². The van der Waals surface area contributed by atoms with E-state index < -0.39 is 12.2 Å². The molecule has 3 nitrogen and oxygen atoms in total. The molecule has 1 aromatic carbocycles. The first kappa shape index (κ1) is 11.9. The summed E-state index contributed by atoms with van der Waals surface area (Å²) >= 11 is 1.57. The molecule has 1 heterocycles. The number of benzene rings is 1. The van der Waals surface area contributed by atoms with Crippen LogP contribution in [0.25, 0.3) is 0 Å². The first-order valence-electron chi connectivity index (χ1n) is 5.37. The number of hydrogen-bond acceptors (Lipinski definition) is 4. The Hall–Kier alpha value is -0.550. The average Bonchev–Trinajstić information content (AvgIpc) is 2.62. The van der Waals surface area contributed by atoms with Gasteiger partial charge >= 0.3 is 0 Å². The van der Waals surface area contributed by atoms with Gasteiger partial charge in [-0.25, -0.2) is 0 Å². The molecule has 0 aliphatic carbocycles. The zero-order chi connectivity index (χ0) is 11.4. The van der Waals surface area contributed by atoms with E-state index in [0.29, 0.717) is 19.0 Å². The van der Waals surface area contributed by atoms with E-state index in [0.717, 1.165) is 5.56 Å². The Morgan fingerprint density at radius 3 is 2.62 bits per heavy atom. The van der Waals surface area contributed by atoms with Crippen LogP contribution in [0, 0.1) is 0 Å². The Balaban J connectivity index is 1.73. The zero-order valence-electron chi connectivity index (χ0n) is 8.95. The average molecular weight is 240 g/mol. The van der Waals surface area contributed by atoms with Gasteiger partial charge < -0.3 is 14.9 Å². The fourth-order valence-corrected chi connectivity index (χ4v) is 2.89. The molecule has 0 bridgehead atoms. The van der Waals surface area contributed by atoms with Crippen molar-refractivity contribution < 1.29 is 14.9 Å². The van der Waals surface area contributed by atoms with Crippen LogP contribution in [0.1, 0.15) is 5.56 Å². The number of rotatable bonds is 4. The van der Waals surface area contributed by atoms with Crippen molar-refractivity contribution in [1.82, 2.24) is 0 Å². The lowest BCUT2D eigenvalue weighted by Gasteiger charge is -2.15. The van der Waals surface area contributed by atoms with Gasteiger partial charge in [0.15, 0.2) is 0 Å². The van der Waals surface area contributed by atoms with Crippen LogP contribution in [-0.2, 0) is 11.3 Å². The number of aliphatic hydroxyl groups excluding tert-OH is 2. The highest BCUT2D eigenvalue weighted by Crippen LogP contribution is 2.27. The van der Waals surface area contributed by atoms with Crippen LogP contribution in [-0.4, -0.2) is 40.0 Å². The van der Waals surface area contributed by atoms with Crippen LogP contribution in [0.3, 0.4) is 0 Å². The second kappa shape index (κ2) is 5.68. The Morgan fingerprint density at radius 1 is 1.25 bits per heavy atom. The third-order valence-electron chi connectivity index (χ3n) is 2.65. The largest absolute Gasteiger partial charge is 0.390 e. The molecule has 0 radical (unpaired) electrons. The maximum Gasteiger partial charge on any atom is 0.0947 e. The van der Waals surface area contributed by atoms with Crippen molar-refractivity contribution in [2.45, 2.75) is 24.1 Å². The molecule has 1 aliphatic rings. The lowest BCUT2D eigenvalue weighted by atomic mass is 10.2. The van der Waals surface area contributed by atoms with Crippen LogP contribution in [0.4, 0.5) is 0 Å². The van der Waals surface area contributed by atoms with E-state index in [1.807, 2.05) is 30.3 Å². The van der Waals surface area contributed by atoms with E-state index in [1.165, 1.54) is 0 Å². The maximum absolute atomic E-state index is 9.60. The summed E-state index contributed by atoms with van der Waals surface area (Å²) < 4.78 is 5.53. The summed E-state index contributed by atoms with van der Waals surface area (Å²) in [5.74, 6) is 0.598. The molecule has 1 aliphatic heterocycles. The lowest BCUT2D eigenvalue weighted by Crippen LogP contribution is -2.31. The predicted molar refractivity (Wildman–Crippen MR) is 64.4 cm³/mol. The number of ether oxygens (including phenoxy) is 1.